The molecule has 2 N–H and O–H groups in total. The van der Waals surface area contributed by atoms with Gasteiger partial charge in [-0.25, -0.2) is 4.79 Å². The third-order valence-corrected chi connectivity index (χ3v) is 4.24. The molecule has 2 aromatic rings. The van der Waals surface area contributed by atoms with Crippen LogP contribution in [0.5, 0.6) is 11.5 Å². The van der Waals surface area contributed by atoms with Crippen molar-refractivity contribution in [3.63, 3.8) is 0 Å². The molecule has 0 radical (unpaired) electrons. The Hall–Kier alpha value is -3.55. The second-order valence-electron chi connectivity index (χ2n) is 7.02. The van der Waals surface area contributed by atoms with Crippen LogP contribution in [-0.2, 0) is 14.3 Å². The highest BCUT2D eigenvalue weighted by molar-refractivity contribution is 5.89. The number of esters is 1. The molecular formula is C23H28N2O6. The Morgan fingerprint density at radius 3 is 2.39 bits per heavy atom. The minimum atomic E-state index is -0.804. The Labute approximate surface area is 181 Å². The first-order valence-electron chi connectivity index (χ1n) is 10.0. The maximum Gasteiger partial charge on any atom is 0.338 e. The Morgan fingerprint density at radius 2 is 1.71 bits per heavy atom. The normalized spacial score (nSPS) is 11.2. The second-order valence-corrected chi connectivity index (χ2v) is 7.02. The lowest BCUT2D eigenvalue weighted by Crippen LogP contribution is -2.48. The van der Waals surface area contributed by atoms with Crippen molar-refractivity contribution in [2.45, 2.75) is 40.2 Å². The molecule has 0 saturated carbocycles. The number of carbonyl (C=O) groups excluding carboxylic acids is 3. The van der Waals surface area contributed by atoms with Gasteiger partial charge in [-0.3, -0.25) is 20.4 Å². The Kier molecular flexibility index (Phi) is 8.87. The zero-order valence-electron chi connectivity index (χ0n) is 18.2. The number of nitrogens with one attached hydrogen (secondary N) is 2. The molecule has 0 aliphatic carbocycles. The molecule has 1 unspecified atom stereocenters. The minimum Gasteiger partial charge on any atom is -0.484 e. The topological polar surface area (TPSA) is 103 Å². The van der Waals surface area contributed by atoms with Crippen LogP contribution < -0.4 is 20.3 Å². The van der Waals surface area contributed by atoms with Crippen LogP contribution in [0.4, 0.5) is 0 Å². The number of rotatable bonds is 9. The van der Waals surface area contributed by atoms with Gasteiger partial charge in [0.15, 0.2) is 12.7 Å². The van der Waals surface area contributed by atoms with Crippen molar-refractivity contribution < 1.29 is 28.6 Å². The van der Waals surface area contributed by atoms with Crippen molar-refractivity contribution in [3.05, 3.63) is 59.2 Å². The van der Waals surface area contributed by atoms with Crippen LogP contribution in [0.1, 0.15) is 41.8 Å². The first-order chi connectivity index (χ1) is 14.8. The van der Waals surface area contributed by atoms with Gasteiger partial charge in [0.1, 0.15) is 11.5 Å². The van der Waals surface area contributed by atoms with Gasteiger partial charge in [-0.1, -0.05) is 19.1 Å². The molecule has 0 heterocycles. The lowest BCUT2D eigenvalue weighted by Gasteiger charge is -2.17. The summed E-state index contributed by atoms with van der Waals surface area (Å²) in [6, 6.07) is 12.0. The van der Waals surface area contributed by atoms with Gasteiger partial charge in [0.05, 0.1) is 12.2 Å². The molecule has 2 rings (SSSR count). The SMILES string of the molecule is CCCOC(=O)c1ccc(OCC(=O)NNC(=O)C(C)Oc2cc(C)ccc2C)cc1. The van der Waals surface area contributed by atoms with Gasteiger partial charge in [-0.15, -0.1) is 0 Å². The van der Waals surface area contributed by atoms with E-state index in [0.717, 1.165) is 17.5 Å². The average molecular weight is 428 g/mol. The van der Waals surface area contributed by atoms with E-state index >= 15 is 0 Å². The van der Waals surface area contributed by atoms with E-state index in [2.05, 4.69) is 10.9 Å². The standard InChI is InChI=1S/C23H28N2O6/c1-5-12-29-23(28)18-8-10-19(11-9-18)30-14-21(26)24-25-22(27)17(4)31-20-13-15(2)6-7-16(20)3/h6-11,13,17H,5,12,14H2,1-4H3,(H,24,26)(H,25,27). The molecule has 166 valence electrons. The Bertz CT molecular complexity index is 911. The van der Waals surface area contributed by atoms with E-state index in [0.29, 0.717) is 23.7 Å². The summed E-state index contributed by atoms with van der Waals surface area (Å²) in [4.78, 5) is 35.8. The van der Waals surface area contributed by atoms with Gasteiger partial charge in [0, 0.05) is 0 Å². The first kappa shape index (κ1) is 23.7. The van der Waals surface area contributed by atoms with Crippen molar-refractivity contribution in [1.82, 2.24) is 10.9 Å². The zero-order chi connectivity index (χ0) is 22.8. The van der Waals surface area contributed by atoms with Crippen LogP contribution in [-0.4, -0.2) is 37.1 Å². The van der Waals surface area contributed by atoms with Crippen molar-refractivity contribution >= 4 is 17.8 Å². The second kappa shape index (κ2) is 11.6. The largest absolute Gasteiger partial charge is 0.484 e. The maximum absolute atomic E-state index is 12.2. The first-order valence-corrected chi connectivity index (χ1v) is 10.0. The predicted octanol–water partition coefficient (Wildman–Crippen LogP) is 2.86. The van der Waals surface area contributed by atoms with E-state index < -0.39 is 23.9 Å². The number of hydrogen-bond donors (Lipinski definition) is 2. The smallest absolute Gasteiger partial charge is 0.338 e. The third kappa shape index (κ3) is 7.65. The minimum absolute atomic E-state index is 0.313. The van der Waals surface area contributed by atoms with E-state index in [1.165, 1.54) is 0 Å². The summed E-state index contributed by atoms with van der Waals surface area (Å²) < 4.78 is 16.1. The summed E-state index contributed by atoms with van der Waals surface area (Å²) in [5, 5.41) is 0. The quantitative estimate of drug-likeness (QED) is 0.470. The fourth-order valence-corrected chi connectivity index (χ4v) is 2.46. The molecule has 2 amide bonds. The maximum atomic E-state index is 12.2. The average Bonchev–Trinajstić information content (AvgIpc) is 2.77. The van der Waals surface area contributed by atoms with Crippen LogP contribution >= 0.6 is 0 Å². The molecule has 8 nitrogen and oxygen atoms in total. The fourth-order valence-electron chi connectivity index (χ4n) is 2.46. The number of carbonyl (C=O) groups is 3. The number of hydrogen-bond acceptors (Lipinski definition) is 6. The van der Waals surface area contributed by atoms with Crippen LogP contribution in [0.3, 0.4) is 0 Å². The van der Waals surface area contributed by atoms with Gasteiger partial charge in [-0.2, -0.15) is 0 Å². The fraction of sp³-hybridized carbons (Fsp3) is 0.348. The number of aryl methyl sites for hydroxylation is 2. The number of ether oxygens (including phenoxy) is 3. The molecule has 0 spiro atoms. The highest BCUT2D eigenvalue weighted by Gasteiger charge is 2.16. The van der Waals surface area contributed by atoms with E-state index in [1.807, 2.05) is 39.0 Å². The molecule has 8 heteroatoms. The lowest BCUT2D eigenvalue weighted by molar-refractivity contribution is -0.133. The monoisotopic (exact) mass is 428 g/mol. The summed E-state index contributed by atoms with van der Waals surface area (Å²) in [5.74, 6) is -0.437. The van der Waals surface area contributed by atoms with E-state index in [-0.39, 0.29) is 6.61 Å². The number of hydrazine groups is 1. The number of amides is 2. The highest BCUT2D eigenvalue weighted by Crippen LogP contribution is 2.20. The molecule has 0 bridgehead atoms. The molecule has 0 aromatic heterocycles. The van der Waals surface area contributed by atoms with Crippen molar-refractivity contribution in [2.24, 2.45) is 0 Å². The van der Waals surface area contributed by atoms with Gasteiger partial charge in [0.2, 0.25) is 0 Å². The predicted molar refractivity (Wildman–Crippen MR) is 115 cm³/mol. The van der Waals surface area contributed by atoms with Gasteiger partial charge in [-0.05, 0) is 68.7 Å². The van der Waals surface area contributed by atoms with E-state index in [9.17, 15) is 14.4 Å². The van der Waals surface area contributed by atoms with Crippen LogP contribution in [0.2, 0.25) is 0 Å². The summed E-state index contributed by atoms with van der Waals surface area (Å²) in [6.45, 7) is 7.37. The van der Waals surface area contributed by atoms with Crippen molar-refractivity contribution in [2.75, 3.05) is 13.2 Å². The van der Waals surface area contributed by atoms with Crippen molar-refractivity contribution in [3.8, 4) is 11.5 Å². The van der Waals surface area contributed by atoms with E-state index in [1.54, 1.807) is 31.2 Å². The molecule has 0 fully saturated rings. The van der Waals surface area contributed by atoms with Gasteiger partial charge >= 0.3 is 5.97 Å². The lowest BCUT2D eigenvalue weighted by atomic mass is 10.1. The van der Waals surface area contributed by atoms with E-state index in [4.69, 9.17) is 14.2 Å². The highest BCUT2D eigenvalue weighted by atomic mass is 16.5. The Balaban J connectivity index is 1.75. The molecule has 0 aliphatic heterocycles. The van der Waals surface area contributed by atoms with Crippen LogP contribution in [0.15, 0.2) is 42.5 Å². The molecule has 0 saturated heterocycles. The van der Waals surface area contributed by atoms with Crippen LogP contribution in [0, 0.1) is 13.8 Å². The summed E-state index contributed by atoms with van der Waals surface area (Å²) in [5.41, 5.74) is 6.92. The molecule has 2 aromatic carbocycles. The molecule has 0 aliphatic rings. The Morgan fingerprint density at radius 1 is 1.00 bits per heavy atom. The summed E-state index contributed by atoms with van der Waals surface area (Å²) in [6.07, 6.45) is -0.0589. The zero-order valence-corrected chi connectivity index (χ0v) is 18.2. The molecule has 31 heavy (non-hydrogen) atoms. The third-order valence-electron chi connectivity index (χ3n) is 4.24. The number of benzene rings is 2. The molecular weight excluding hydrogens is 400 g/mol. The molecule has 1 atom stereocenters. The summed E-state index contributed by atoms with van der Waals surface area (Å²) >= 11 is 0. The van der Waals surface area contributed by atoms with Crippen LogP contribution in [0.25, 0.3) is 0 Å². The summed E-state index contributed by atoms with van der Waals surface area (Å²) in [7, 11) is 0. The van der Waals surface area contributed by atoms with Gasteiger partial charge < -0.3 is 14.2 Å². The van der Waals surface area contributed by atoms with Crippen molar-refractivity contribution in [1.29, 1.82) is 0 Å². The van der Waals surface area contributed by atoms with Gasteiger partial charge in [0.25, 0.3) is 11.8 Å².